The monoisotopic (exact) mass is 304 g/mol. The third kappa shape index (κ3) is 4.52. The van der Waals surface area contributed by atoms with Gasteiger partial charge in [-0.05, 0) is 37.6 Å². The Morgan fingerprint density at radius 2 is 2.23 bits per heavy atom. The van der Waals surface area contributed by atoms with Crippen molar-refractivity contribution in [2.24, 2.45) is 5.73 Å². The number of carbonyl (C=O) groups excluding carboxylic acids is 1. The highest BCUT2D eigenvalue weighted by molar-refractivity contribution is 5.67. The number of aromatic amines is 1. The van der Waals surface area contributed by atoms with Gasteiger partial charge in [-0.3, -0.25) is 0 Å². The zero-order valence-electron chi connectivity index (χ0n) is 12.8. The van der Waals surface area contributed by atoms with Crippen molar-refractivity contribution in [3.63, 3.8) is 0 Å². The van der Waals surface area contributed by atoms with Crippen molar-refractivity contribution < 1.29 is 9.53 Å². The summed E-state index contributed by atoms with van der Waals surface area (Å²) < 4.78 is 5.17. The largest absolute Gasteiger partial charge is 0.444 e. The van der Waals surface area contributed by atoms with Gasteiger partial charge in [-0.15, -0.1) is 10.2 Å². The molecule has 0 fully saturated rings. The molecule has 8 heteroatoms. The molecule has 1 heterocycles. The summed E-state index contributed by atoms with van der Waals surface area (Å²) in [6.45, 7) is 5.69. The summed E-state index contributed by atoms with van der Waals surface area (Å²) in [5, 5.41) is 16.4. The maximum absolute atomic E-state index is 11.6. The Balaban J connectivity index is 1.97. The van der Waals surface area contributed by atoms with Crippen molar-refractivity contribution >= 4 is 6.09 Å². The van der Waals surface area contributed by atoms with Crippen LogP contribution in [0.15, 0.2) is 24.3 Å². The number of hydrogen-bond donors (Lipinski definition) is 3. The molecule has 2 aromatic rings. The lowest BCUT2D eigenvalue weighted by Crippen LogP contribution is -2.36. The number of tetrazole rings is 1. The van der Waals surface area contributed by atoms with Crippen LogP contribution in [0.25, 0.3) is 11.4 Å². The Bertz CT molecular complexity index is 621. The molecule has 1 amide bonds. The molecule has 2 rings (SSSR count). The minimum absolute atomic E-state index is 0.268. The van der Waals surface area contributed by atoms with Gasteiger partial charge in [0, 0.05) is 18.2 Å². The summed E-state index contributed by atoms with van der Waals surface area (Å²) in [4.78, 5) is 11.6. The molecule has 8 nitrogen and oxygen atoms in total. The topological polar surface area (TPSA) is 119 Å². The summed E-state index contributed by atoms with van der Waals surface area (Å²) in [5.41, 5.74) is 7.22. The lowest BCUT2D eigenvalue weighted by molar-refractivity contribution is 0.0524. The van der Waals surface area contributed by atoms with Crippen LogP contribution >= 0.6 is 0 Å². The SMILES string of the molecule is CC(C)(C)OC(=O)NCC(N)c1cccc(-c2nn[nH]n2)c1. The van der Waals surface area contributed by atoms with Crippen molar-refractivity contribution in [2.45, 2.75) is 32.4 Å². The number of carbonyl (C=O) groups is 1. The minimum atomic E-state index is -0.535. The second-order valence-corrected chi connectivity index (χ2v) is 5.85. The zero-order chi connectivity index (χ0) is 16.2. The van der Waals surface area contributed by atoms with Crippen LogP contribution in [-0.2, 0) is 4.74 Å². The molecule has 0 saturated heterocycles. The van der Waals surface area contributed by atoms with Gasteiger partial charge in [0.15, 0.2) is 0 Å². The molecule has 0 saturated carbocycles. The molecule has 0 radical (unpaired) electrons. The number of benzene rings is 1. The molecule has 0 spiro atoms. The van der Waals surface area contributed by atoms with Gasteiger partial charge in [0.05, 0.1) is 0 Å². The quantitative estimate of drug-likeness (QED) is 0.785. The van der Waals surface area contributed by atoms with Gasteiger partial charge >= 0.3 is 6.09 Å². The molecule has 1 unspecified atom stereocenters. The van der Waals surface area contributed by atoms with Crippen molar-refractivity contribution in [3.8, 4) is 11.4 Å². The fourth-order valence-electron chi connectivity index (χ4n) is 1.82. The van der Waals surface area contributed by atoms with E-state index in [1.54, 1.807) is 20.8 Å². The van der Waals surface area contributed by atoms with Crippen LogP contribution in [0, 0.1) is 0 Å². The van der Waals surface area contributed by atoms with Crippen molar-refractivity contribution in [2.75, 3.05) is 6.54 Å². The number of nitrogens with zero attached hydrogens (tertiary/aromatic N) is 3. The fraction of sp³-hybridized carbons (Fsp3) is 0.429. The molecular formula is C14H20N6O2. The average Bonchev–Trinajstić information content (AvgIpc) is 2.97. The van der Waals surface area contributed by atoms with Gasteiger partial charge < -0.3 is 15.8 Å². The minimum Gasteiger partial charge on any atom is -0.444 e. The molecule has 1 aromatic carbocycles. The van der Waals surface area contributed by atoms with E-state index in [1.807, 2.05) is 24.3 Å². The van der Waals surface area contributed by atoms with Gasteiger partial charge in [0.2, 0.25) is 5.82 Å². The predicted octanol–water partition coefficient (Wildman–Crippen LogP) is 1.39. The number of rotatable bonds is 4. The predicted molar refractivity (Wildman–Crippen MR) is 80.8 cm³/mol. The van der Waals surface area contributed by atoms with Crippen LogP contribution < -0.4 is 11.1 Å². The van der Waals surface area contributed by atoms with E-state index >= 15 is 0 Å². The van der Waals surface area contributed by atoms with Crippen LogP contribution in [0.4, 0.5) is 4.79 Å². The van der Waals surface area contributed by atoms with Gasteiger partial charge in [0.25, 0.3) is 0 Å². The van der Waals surface area contributed by atoms with Gasteiger partial charge in [-0.2, -0.15) is 5.21 Å². The summed E-state index contributed by atoms with van der Waals surface area (Å²) in [5.74, 6) is 0.495. The number of nitrogens with two attached hydrogens (primary N) is 1. The van der Waals surface area contributed by atoms with Gasteiger partial charge in [-0.25, -0.2) is 4.79 Å². The van der Waals surface area contributed by atoms with Crippen molar-refractivity contribution in [1.82, 2.24) is 25.9 Å². The van der Waals surface area contributed by atoms with E-state index in [9.17, 15) is 4.79 Å². The van der Waals surface area contributed by atoms with Crippen LogP contribution in [0.5, 0.6) is 0 Å². The summed E-state index contributed by atoms with van der Waals surface area (Å²) >= 11 is 0. The summed E-state index contributed by atoms with van der Waals surface area (Å²) in [6.07, 6.45) is -0.489. The van der Waals surface area contributed by atoms with Gasteiger partial charge in [-0.1, -0.05) is 18.2 Å². The molecule has 0 aliphatic rings. The Morgan fingerprint density at radius 1 is 1.45 bits per heavy atom. The van der Waals surface area contributed by atoms with Crippen LogP contribution in [0.3, 0.4) is 0 Å². The molecular weight excluding hydrogens is 284 g/mol. The number of aromatic nitrogens is 4. The first-order valence-electron chi connectivity index (χ1n) is 6.91. The van der Waals surface area contributed by atoms with E-state index in [0.29, 0.717) is 5.82 Å². The third-order valence-corrected chi connectivity index (χ3v) is 2.78. The first kappa shape index (κ1) is 15.9. The second-order valence-electron chi connectivity index (χ2n) is 5.85. The number of nitrogens with one attached hydrogen (secondary N) is 2. The smallest absolute Gasteiger partial charge is 0.407 e. The van der Waals surface area contributed by atoms with E-state index in [2.05, 4.69) is 25.9 Å². The average molecular weight is 304 g/mol. The highest BCUT2D eigenvalue weighted by Gasteiger charge is 2.17. The third-order valence-electron chi connectivity index (χ3n) is 2.78. The van der Waals surface area contributed by atoms with Crippen LogP contribution in [-0.4, -0.2) is 38.9 Å². The molecule has 0 aliphatic carbocycles. The standard InChI is InChI=1S/C14H20N6O2/c1-14(2,3)22-13(21)16-8-11(15)9-5-4-6-10(7-9)12-17-19-20-18-12/h4-7,11H,8,15H2,1-3H3,(H,16,21)(H,17,18,19,20). The second kappa shape index (κ2) is 6.52. The molecule has 1 aromatic heterocycles. The van der Waals surface area contributed by atoms with E-state index in [1.165, 1.54) is 0 Å². The Kier molecular flexibility index (Phi) is 4.71. The Hall–Kier alpha value is -2.48. The molecule has 0 aliphatic heterocycles. The highest BCUT2D eigenvalue weighted by Crippen LogP contribution is 2.18. The van der Waals surface area contributed by atoms with E-state index in [0.717, 1.165) is 11.1 Å². The van der Waals surface area contributed by atoms with Crippen LogP contribution in [0.2, 0.25) is 0 Å². The number of ether oxygens (including phenoxy) is 1. The zero-order valence-corrected chi connectivity index (χ0v) is 12.8. The molecule has 4 N–H and O–H groups in total. The number of H-pyrrole nitrogens is 1. The number of amides is 1. The molecule has 118 valence electrons. The Labute approximate surface area is 128 Å². The van der Waals surface area contributed by atoms with E-state index in [-0.39, 0.29) is 12.6 Å². The molecule has 22 heavy (non-hydrogen) atoms. The van der Waals surface area contributed by atoms with E-state index in [4.69, 9.17) is 10.5 Å². The lowest BCUT2D eigenvalue weighted by atomic mass is 10.0. The first-order valence-corrected chi connectivity index (χ1v) is 6.91. The lowest BCUT2D eigenvalue weighted by Gasteiger charge is -2.21. The maximum atomic E-state index is 11.6. The normalized spacial score (nSPS) is 12.7. The maximum Gasteiger partial charge on any atom is 0.407 e. The summed E-state index contributed by atoms with van der Waals surface area (Å²) in [7, 11) is 0. The highest BCUT2D eigenvalue weighted by atomic mass is 16.6. The first-order chi connectivity index (χ1) is 10.3. The summed E-state index contributed by atoms with van der Waals surface area (Å²) in [6, 6.07) is 7.10. The van der Waals surface area contributed by atoms with Gasteiger partial charge in [0.1, 0.15) is 5.60 Å². The molecule has 1 atom stereocenters. The Morgan fingerprint density at radius 3 is 2.86 bits per heavy atom. The van der Waals surface area contributed by atoms with E-state index < -0.39 is 11.7 Å². The van der Waals surface area contributed by atoms with Crippen molar-refractivity contribution in [3.05, 3.63) is 29.8 Å². The van der Waals surface area contributed by atoms with Crippen LogP contribution in [0.1, 0.15) is 32.4 Å². The number of hydrogen-bond acceptors (Lipinski definition) is 6. The number of alkyl carbamates (subject to hydrolysis) is 1. The fourth-order valence-corrected chi connectivity index (χ4v) is 1.82. The van der Waals surface area contributed by atoms with Crippen molar-refractivity contribution in [1.29, 1.82) is 0 Å². The molecule has 0 bridgehead atoms.